The minimum absolute atomic E-state index is 0.670. The van der Waals surface area contributed by atoms with E-state index in [9.17, 15) is 0 Å². The quantitative estimate of drug-likeness (QED) is 0.536. The summed E-state index contributed by atoms with van der Waals surface area (Å²) in [6.45, 7) is 0. The van der Waals surface area contributed by atoms with Crippen molar-refractivity contribution in [2.24, 2.45) is 0 Å². The predicted octanol–water partition coefficient (Wildman–Crippen LogP) is 5.98. The summed E-state index contributed by atoms with van der Waals surface area (Å²) in [5.74, 6) is 1.37. The van der Waals surface area contributed by atoms with Crippen molar-refractivity contribution in [2.75, 3.05) is 0 Å². The van der Waals surface area contributed by atoms with E-state index in [1.807, 2.05) is 12.1 Å². The Morgan fingerprint density at radius 1 is 0.762 bits per heavy atom. The van der Waals surface area contributed by atoms with Gasteiger partial charge >= 0.3 is 0 Å². The van der Waals surface area contributed by atoms with Crippen LogP contribution in [0.4, 0.5) is 0 Å². The van der Waals surface area contributed by atoms with E-state index in [1.165, 1.54) is 36.8 Å². The Morgan fingerprint density at radius 2 is 1.19 bits per heavy atom. The van der Waals surface area contributed by atoms with Crippen molar-refractivity contribution in [1.82, 2.24) is 0 Å². The molecule has 21 heavy (non-hydrogen) atoms. The largest absolute Gasteiger partial charge is 0.325 e. The van der Waals surface area contributed by atoms with E-state index < -0.39 is 0 Å². The molecule has 110 valence electrons. The van der Waals surface area contributed by atoms with Crippen molar-refractivity contribution < 1.29 is 4.55 Å². The summed E-state index contributed by atoms with van der Waals surface area (Å²) in [6, 6.07) is 17.0. The molecule has 1 N–H and O–H groups in total. The first-order valence-electron chi connectivity index (χ1n) is 7.46. The summed E-state index contributed by atoms with van der Waals surface area (Å²) >= 11 is 5.17. The van der Waals surface area contributed by atoms with E-state index in [4.69, 9.17) is 4.55 Å². The van der Waals surface area contributed by atoms with Crippen molar-refractivity contribution in [2.45, 2.75) is 47.3 Å². The molecule has 3 heteroatoms. The van der Waals surface area contributed by atoms with Crippen LogP contribution < -0.4 is 0 Å². The monoisotopic (exact) mass is 316 g/mol. The van der Waals surface area contributed by atoms with Crippen LogP contribution in [0.2, 0.25) is 0 Å². The van der Waals surface area contributed by atoms with E-state index >= 15 is 0 Å². The highest BCUT2D eigenvalue weighted by Gasteiger charge is 2.23. The number of hydrogen-bond acceptors (Lipinski definition) is 3. The van der Waals surface area contributed by atoms with Crippen LogP contribution in [-0.2, 0) is 0 Å². The molecule has 0 spiro atoms. The van der Waals surface area contributed by atoms with Gasteiger partial charge in [0, 0.05) is 21.8 Å². The van der Waals surface area contributed by atoms with E-state index in [2.05, 4.69) is 49.0 Å². The van der Waals surface area contributed by atoms with Gasteiger partial charge in [0.1, 0.15) is 0 Å². The normalized spacial score (nSPS) is 22.2. The summed E-state index contributed by atoms with van der Waals surface area (Å²) in [7, 11) is 0. The average Bonchev–Trinajstić information content (AvgIpc) is 2.56. The third kappa shape index (κ3) is 3.65. The Labute approximate surface area is 136 Å². The van der Waals surface area contributed by atoms with Gasteiger partial charge < -0.3 is 4.55 Å². The Bertz CT molecular complexity index is 569. The van der Waals surface area contributed by atoms with Gasteiger partial charge in [-0.05, 0) is 72.9 Å². The van der Waals surface area contributed by atoms with Crippen molar-refractivity contribution >= 4 is 24.7 Å². The van der Waals surface area contributed by atoms with Gasteiger partial charge in [0.2, 0.25) is 0 Å². The number of rotatable bonds is 3. The van der Waals surface area contributed by atoms with E-state index in [-0.39, 0.29) is 0 Å². The molecule has 0 heterocycles. The lowest BCUT2D eigenvalue weighted by molar-refractivity contribution is 0.396. The molecule has 1 aliphatic carbocycles. The van der Waals surface area contributed by atoms with E-state index in [1.54, 1.807) is 0 Å². The molecular formula is C18H20OS2. The van der Waals surface area contributed by atoms with Gasteiger partial charge in [0.15, 0.2) is 0 Å². The summed E-state index contributed by atoms with van der Waals surface area (Å²) in [5, 5.41) is 0. The third-order valence-corrected chi connectivity index (χ3v) is 5.33. The molecule has 1 saturated carbocycles. The SMILES string of the molecule is OSc1ccc(C2CCC(c3ccc(S)cc3)CC2)cc1. The lowest BCUT2D eigenvalue weighted by atomic mass is 9.76. The molecule has 1 nitrogen and oxygen atoms in total. The Balaban J connectivity index is 1.62. The highest BCUT2D eigenvalue weighted by atomic mass is 32.2. The molecule has 2 aromatic rings. The van der Waals surface area contributed by atoms with Crippen LogP contribution in [0.3, 0.4) is 0 Å². The van der Waals surface area contributed by atoms with Crippen LogP contribution in [0.1, 0.15) is 48.6 Å². The summed E-state index contributed by atoms with van der Waals surface area (Å²) in [6.07, 6.45) is 5.01. The summed E-state index contributed by atoms with van der Waals surface area (Å²) in [5.41, 5.74) is 2.87. The fourth-order valence-electron chi connectivity index (χ4n) is 3.31. The predicted molar refractivity (Wildman–Crippen MR) is 92.6 cm³/mol. The molecule has 0 radical (unpaired) electrons. The van der Waals surface area contributed by atoms with E-state index in [0.29, 0.717) is 11.8 Å². The first kappa shape index (κ1) is 15.0. The van der Waals surface area contributed by atoms with Gasteiger partial charge in [-0.25, -0.2) is 0 Å². The maximum Gasteiger partial charge on any atom is 0.0351 e. The second-order valence-corrected chi connectivity index (χ2v) is 6.97. The maximum atomic E-state index is 9.03. The molecule has 0 saturated heterocycles. The van der Waals surface area contributed by atoms with Crippen LogP contribution in [0.25, 0.3) is 0 Å². The second kappa shape index (κ2) is 6.91. The summed E-state index contributed by atoms with van der Waals surface area (Å²) in [4.78, 5) is 1.95. The molecular weight excluding hydrogens is 296 g/mol. The Hall–Kier alpha value is -0.900. The molecule has 0 aromatic heterocycles. The van der Waals surface area contributed by atoms with Gasteiger partial charge in [-0.1, -0.05) is 24.3 Å². The minimum Gasteiger partial charge on any atom is -0.325 e. The smallest absolute Gasteiger partial charge is 0.0351 e. The number of benzene rings is 2. The zero-order chi connectivity index (χ0) is 14.7. The summed E-state index contributed by atoms with van der Waals surface area (Å²) < 4.78 is 9.03. The highest BCUT2D eigenvalue weighted by molar-refractivity contribution is 7.93. The van der Waals surface area contributed by atoms with Crippen molar-refractivity contribution in [3.63, 3.8) is 0 Å². The minimum atomic E-state index is 0.670. The van der Waals surface area contributed by atoms with Gasteiger partial charge in [0.25, 0.3) is 0 Å². The zero-order valence-corrected chi connectivity index (χ0v) is 13.6. The number of thiol groups is 1. The molecule has 0 amide bonds. The Morgan fingerprint density at radius 3 is 1.62 bits per heavy atom. The highest BCUT2D eigenvalue weighted by Crippen LogP contribution is 2.40. The van der Waals surface area contributed by atoms with E-state index in [0.717, 1.165) is 21.8 Å². The zero-order valence-electron chi connectivity index (χ0n) is 11.9. The van der Waals surface area contributed by atoms with Crippen LogP contribution in [-0.4, -0.2) is 4.55 Å². The molecule has 1 fully saturated rings. The lowest BCUT2D eigenvalue weighted by Crippen LogP contribution is -2.12. The fraction of sp³-hybridized carbons (Fsp3) is 0.333. The van der Waals surface area contributed by atoms with Crippen LogP contribution in [0.15, 0.2) is 58.3 Å². The third-order valence-electron chi connectivity index (χ3n) is 4.55. The van der Waals surface area contributed by atoms with Crippen LogP contribution >= 0.6 is 24.7 Å². The Kier molecular flexibility index (Phi) is 4.94. The van der Waals surface area contributed by atoms with Gasteiger partial charge in [-0.3, -0.25) is 0 Å². The van der Waals surface area contributed by atoms with Gasteiger partial charge in [-0.2, -0.15) is 0 Å². The van der Waals surface area contributed by atoms with Crippen LogP contribution in [0.5, 0.6) is 0 Å². The van der Waals surface area contributed by atoms with Crippen molar-refractivity contribution in [3.05, 3.63) is 59.7 Å². The average molecular weight is 316 g/mol. The first-order chi connectivity index (χ1) is 10.3. The molecule has 0 bridgehead atoms. The van der Waals surface area contributed by atoms with Gasteiger partial charge in [-0.15, -0.1) is 12.6 Å². The molecule has 2 aromatic carbocycles. The van der Waals surface area contributed by atoms with Gasteiger partial charge in [0.05, 0.1) is 0 Å². The second-order valence-electron chi connectivity index (χ2n) is 5.80. The first-order valence-corrected chi connectivity index (χ1v) is 8.68. The fourth-order valence-corrected chi connectivity index (χ4v) is 3.71. The maximum absolute atomic E-state index is 9.03. The molecule has 3 rings (SSSR count). The molecule has 1 aliphatic rings. The standard InChI is InChI=1S/C18H20OS2/c19-21-18-11-7-16(8-12-18)14-3-1-13(2-4-14)15-5-9-17(20)10-6-15/h5-14,19-20H,1-4H2. The topological polar surface area (TPSA) is 20.2 Å². The number of hydrogen-bond donors (Lipinski definition) is 2. The molecule has 0 aliphatic heterocycles. The molecule has 0 atom stereocenters. The molecule has 0 unspecified atom stereocenters. The van der Waals surface area contributed by atoms with Crippen molar-refractivity contribution in [3.8, 4) is 0 Å². The van der Waals surface area contributed by atoms with Crippen LogP contribution in [0, 0.1) is 0 Å². The van der Waals surface area contributed by atoms with Crippen molar-refractivity contribution in [1.29, 1.82) is 0 Å². The lowest BCUT2D eigenvalue weighted by Gasteiger charge is -2.29.